The van der Waals surface area contributed by atoms with Crippen LogP contribution in [-0.2, 0) is 9.84 Å². The van der Waals surface area contributed by atoms with Crippen LogP contribution in [0.15, 0.2) is 30.3 Å². The van der Waals surface area contributed by atoms with E-state index in [4.69, 9.17) is 11.6 Å². The van der Waals surface area contributed by atoms with Gasteiger partial charge in [-0.05, 0) is 19.1 Å². The number of hydrogen-bond acceptors (Lipinski definition) is 4. The third-order valence-corrected chi connectivity index (χ3v) is 4.25. The molecule has 0 aliphatic heterocycles. The van der Waals surface area contributed by atoms with E-state index in [0.29, 0.717) is 10.5 Å². The highest BCUT2D eigenvalue weighted by Crippen LogP contribution is 2.22. The van der Waals surface area contributed by atoms with Crippen LogP contribution >= 0.6 is 11.6 Å². The van der Waals surface area contributed by atoms with Crippen LogP contribution in [0.4, 0.5) is 0 Å². The van der Waals surface area contributed by atoms with Gasteiger partial charge < -0.3 is 5.32 Å². The highest BCUT2D eigenvalue weighted by Gasteiger charge is 2.16. The summed E-state index contributed by atoms with van der Waals surface area (Å²) < 4.78 is 22.4. The molecule has 1 atom stereocenters. The van der Waals surface area contributed by atoms with Crippen molar-refractivity contribution in [2.24, 2.45) is 0 Å². The Bertz CT molecular complexity index is 790. The molecule has 0 radical (unpaired) electrons. The first-order valence-electron chi connectivity index (χ1n) is 6.30. The van der Waals surface area contributed by atoms with E-state index in [0.717, 1.165) is 11.6 Å². The molecule has 1 aromatic carbocycles. The Morgan fingerprint density at radius 1 is 1.38 bits per heavy atom. The number of carbonyl (C=O) groups is 1. The summed E-state index contributed by atoms with van der Waals surface area (Å²) >= 11 is 6.13. The Morgan fingerprint density at radius 3 is 2.71 bits per heavy atom. The largest absolute Gasteiger partial charge is 0.347 e. The summed E-state index contributed by atoms with van der Waals surface area (Å²) in [6.45, 7) is 1.63. The van der Waals surface area contributed by atoms with Gasteiger partial charge in [0, 0.05) is 17.7 Å². The zero-order valence-electron chi connectivity index (χ0n) is 11.6. The second kappa shape index (κ2) is 5.99. The third-order valence-electron chi connectivity index (χ3n) is 2.83. The first kappa shape index (κ1) is 15.7. The summed E-state index contributed by atoms with van der Waals surface area (Å²) in [7, 11) is -3.16. The molecule has 1 amide bonds. The average molecular weight is 327 g/mol. The molecule has 0 saturated heterocycles. The lowest BCUT2D eigenvalue weighted by Gasteiger charge is -2.13. The Balaban J connectivity index is 2.24. The average Bonchev–Trinajstić information content (AvgIpc) is 2.36. The number of rotatable bonds is 4. The van der Waals surface area contributed by atoms with Crippen LogP contribution in [0, 0.1) is 0 Å². The van der Waals surface area contributed by atoms with Gasteiger partial charge in [-0.15, -0.1) is 0 Å². The summed E-state index contributed by atoms with van der Waals surface area (Å²) in [6.07, 6.45) is 1.13. The van der Waals surface area contributed by atoms with Crippen LogP contribution in [-0.4, -0.2) is 37.4 Å². The number of nitrogens with one attached hydrogen (secondary N) is 1. The van der Waals surface area contributed by atoms with Gasteiger partial charge in [0.15, 0.2) is 0 Å². The van der Waals surface area contributed by atoms with Crippen LogP contribution in [0.1, 0.15) is 17.4 Å². The molecule has 112 valence electrons. The predicted molar refractivity (Wildman–Crippen MR) is 83.4 cm³/mol. The van der Waals surface area contributed by atoms with E-state index >= 15 is 0 Å². The number of nitrogens with zero attached hydrogens (tertiary/aromatic N) is 1. The van der Waals surface area contributed by atoms with Gasteiger partial charge in [0.05, 0.1) is 16.3 Å². The number of carbonyl (C=O) groups excluding carboxylic acids is 1. The third kappa shape index (κ3) is 4.15. The topological polar surface area (TPSA) is 76.1 Å². The van der Waals surface area contributed by atoms with Gasteiger partial charge in [0.2, 0.25) is 0 Å². The molecule has 21 heavy (non-hydrogen) atoms. The minimum atomic E-state index is -3.16. The Labute approximate surface area is 128 Å². The normalized spacial score (nSPS) is 13.1. The van der Waals surface area contributed by atoms with E-state index < -0.39 is 21.8 Å². The lowest BCUT2D eigenvalue weighted by Crippen LogP contribution is -2.37. The highest BCUT2D eigenvalue weighted by atomic mass is 35.5. The number of sulfone groups is 1. The van der Waals surface area contributed by atoms with Crippen molar-refractivity contribution in [1.82, 2.24) is 10.3 Å². The van der Waals surface area contributed by atoms with Gasteiger partial charge in [-0.1, -0.05) is 29.8 Å². The summed E-state index contributed by atoms with van der Waals surface area (Å²) in [5.74, 6) is -0.570. The second-order valence-corrected chi connectivity index (χ2v) is 7.57. The zero-order chi connectivity index (χ0) is 15.6. The maximum atomic E-state index is 12.1. The molecule has 2 aromatic rings. The van der Waals surface area contributed by atoms with E-state index in [2.05, 4.69) is 10.3 Å². The predicted octanol–water partition coefficient (Wildman–Crippen LogP) is 2.05. The molecule has 1 aromatic heterocycles. The van der Waals surface area contributed by atoms with Crippen molar-refractivity contribution in [2.45, 2.75) is 13.0 Å². The molecule has 0 spiro atoms. The Morgan fingerprint density at radius 2 is 2.05 bits per heavy atom. The van der Waals surface area contributed by atoms with Crippen molar-refractivity contribution < 1.29 is 13.2 Å². The fourth-order valence-corrected chi connectivity index (χ4v) is 3.30. The number of pyridine rings is 1. The Kier molecular flexibility index (Phi) is 4.49. The minimum absolute atomic E-state index is 0.125. The molecule has 1 unspecified atom stereocenters. The van der Waals surface area contributed by atoms with Gasteiger partial charge in [0.1, 0.15) is 15.5 Å². The van der Waals surface area contributed by atoms with Gasteiger partial charge >= 0.3 is 0 Å². The van der Waals surface area contributed by atoms with Crippen molar-refractivity contribution >= 4 is 38.2 Å². The standard InChI is InChI=1S/C14H15ClN2O3S/c1-9(8-21(2,19)20)16-14(18)13-7-11(15)10-5-3-4-6-12(10)17-13/h3-7,9H,8H2,1-2H3,(H,16,18). The fourth-order valence-electron chi connectivity index (χ4n) is 2.04. The van der Waals surface area contributed by atoms with E-state index in [9.17, 15) is 13.2 Å². The number of amides is 1. The van der Waals surface area contributed by atoms with Gasteiger partial charge in [-0.2, -0.15) is 0 Å². The SMILES string of the molecule is CC(CS(C)(=O)=O)NC(=O)c1cc(Cl)c2ccccc2n1. The lowest BCUT2D eigenvalue weighted by molar-refractivity contribution is 0.0939. The molecule has 2 rings (SSSR count). The molecule has 0 bridgehead atoms. The number of aromatic nitrogens is 1. The highest BCUT2D eigenvalue weighted by molar-refractivity contribution is 7.90. The number of halogens is 1. The maximum Gasteiger partial charge on any atom is 0.270 e. The zero-order valence-corrected chi connectivity index (χ0v) is 13.2. The van der Waals surface area contributed by atoms with E-state index in [1.807, 2.05) is 12.1 Å². The number of benzene rings is 1. The number of hydrogen-bond donors (Lipinski definition) is 1. The molecule has 5 nitrogen and oxygen atoms in total. The van der Waals surface area contributed by atoms with Crippen molar-refractivity contribution in [3.63, 3.8) is 0 Å². The van der Waals surface area contributed by atoms with E-state index in [-0.39, 0.29) is 11.4 Å². The molecule has 1 heterocycles. The quantitative estimate of drug-likeness (QED) is 0.933. The van der Waals surface area contributed by atoms with Crippen molar-refractivity contribution in [1.29, 1.82) is 0 Å². The van der Waals surface area contributed by atoms with Crippen molar-refractivity contribution in [2.75, 3.05) is 12.0 Å². The minimum Gasteiger partial charge on any atom is -0.347 e. The molecule has 1 N–H and O–H groups in total. The second-order valence-electron chi connectivity index (χ2n) is 4.97. The van der Waals surface area contributed by atoms with Crippen LogP contribution in [0.3, 0.4) is 0 Å². The summed E-state index contributed by atoms with van der Waals surface area (Å²) in [4.78, 5) is 16.3. The van der Waals surface area contributed by atoms with E-state index in [1.54, 1.807) is 19.1 Å². The van der Waals surface area contributed by atoms with E-state index in [1.165, 1.54) is 6.07 Å². The van der Waals surface area contributed by atoms with Crippen molar-refractivity contribution in [3.8, 4) is 0 Å². The first-order valence-corrected chi connectivity index (χ1v) is 8.74. The smallest absolute Gasteiger partial charge is 0.270 e. The molecule has 7 heteroatoms. The van der Waals surface area contributed by atoms with Gasteiger partial charge in [0.25, 0.3) is 5.91 Å². The monoisotopic (exact) mass is 326 g/mol. The summed E-state index contributed by atoms with van der Waals surface area (Å²) in [5, 5.41) is 3.80. The number of fused-ring (bicyclic) bond motifs is 1. The lowest BCUT2D eigenvalue weighted by atomic mass is 10.2. The Hall–Kier alpha value is -1.66. The molecule has 0 aliphatic carbocycles. The summed E-state index contributed by atoms with van der Waals surface area (Å²) in [5.41, 5.74) is 0.782. The molecule has 0 fully saturated rings. The van der Waals surface area contributed by atoms with Gasteiger partial charge in [-0.25, -0.2) is 13.4 Å². The molecular formula is C14H15ClN2O3S. The maximum absolute atomic E-state index is 12.1. The van der Waals surface area contributed by atoms with Crippen molar-refractivity contribution in [3.05, 3.63) is 41.0 Å². The molecule has 0 saturated carbocycles. The van der Waals surface area contributed by atoms with Crippen LogP contribution in [0.25, 0.3) is 10.9 Å². The molecule has 0 aliphatic rings. The van der Waals surface area contributed by atoms with Crippen LogP contribution in [0.2, 0.25) is 5.02 Å². The van der Waals surface area contributed by atoms with Gasteiger partial charge in [-0.3, -0.25) is 4.79 Å². The van der Waals surface area contributed by atoms with Crippen LogP contribution < -0.4 is 5.32 Å². The molecular weight excluding hydrogens is 312 g/mol. The summed E-state index contributed by atoms with van der Waals surface area (Å²) in [6, 6.07) is 8.20. The first-order chi connectivity index (χ1) is 9.76. The number of para-hydroxylation sites is 1. The van der Waals surface area contributed by atoms with Crippen LogP contribution in [0.5, 0.6) is 0 Å². The fraction of sp³-hybridized carbons (Fsp3) is 0.286.